The van der Waals surface area contributed by atoms with Gasteiger partial charge in [0.25, 0.3) is 5.69 Å². The average molecular weight is 351 g/mol. The molecule has 2 aromatic rings. The van der Waals surface area contributed by atoms with Crippen molar-refractivity contribution in [1.29, 1.82) is 0 Å². The van der Waals surface area contributed by atoms with E-state index in [2.05, 4.69) is 15.9 Å². The van der Waals surface area contributed by atoms with E-state index < -0.39 is 10.9 Å². The molecule has 2 aromatic carbocycles. The molecule has 7 heteroatoms. The largest absolute Gasteiger partial charge is 0.478 e. The van der Waals surface area contributed by atoms with Crippen LogP contribution in [0.25, 0.3) is 0 Å². The molecule has 0 unspecified atom stereocenters. The van der Waals surface area contributed by atoms with E-state index in [4.69, 9.17) is 5.11 Å². The first kappa shape index (κ1) is 15.0. The summed E-state index contributed by atoms with van der Waals surface area (Å²) in [4.78, 5) is 23.1. The number of nitrogens with zero attached hydrogens (tertiary/aromatic N) is 2. The summed E-state index contributed by atoms with van der Waals surface area (Å²) in [6.07, 6.45) is 0. The van der Waals surface area contributed by atoms with E-state index in [0.717, 1.165) is 4.47 Å². The molecule has 0 bridgehead atoms. The molecule has 0 aliphatic carbocycles. The number of nitro groups is 1. The molecule has 0 aromatic heterocycles. The Morgan fingerprint density at radius 2 is 1.86 bits per heavy atom. The summed E-state index contributed by atoms with van der Waals surface area (Å²) in [6.45, 7) is 0. The monoisotopic (exact) mass is 350 g/mol. The van der Waals surface area contributed by atoms with Gasteiger partial charge in [0, 0.05) is 23.3 Å². The number of aromatic carboxylic acids is 1. The predicted octanol–water partition coefficient (Wildman–Crippen LogP) is 3.82. The summed E-state index contributed by atoms with van der Waals surface area (Å²) in [5.74, 6) is -1.02. The van der Waals surface area contributed by atoms with Crippen molar-refractivity contribution < 1.29 is 14.8 Å². The Balaban J connectivity index is 2.44. The van der Waals surface area contributed by atoms with Crippen LogP contribution in [0.4, 0.5) is 17.1 Å². The summed E-state index contributed by atoms with van der Waals surface area (Å²) in [7, 11) is 1.69. The molecule has 0 aliphatic rings. The molecule has 0 saturated carbocycles. The fraction of sp³-hybridized carbons (Fsp3) is 0.0714. The molecule has 0 atom stereocenters. The highest BCUT2D eigenvalue weighted by Gasteiger charge is 2.18. The maximum absolute atomic E-state index is 11.1. The van der Waals surface area contributed by atoms with Crippen LogP contribution >= 0.6 is 15.9 Å². The number of hydrogen-bond donors (Lipinski definition) is 1. The van der Waals surface area contributed by atoms with E-state index in [9.17, 15) is 14.9 Å². The third-order valence-corrected chi connectivity index (χ3v) is 3.49. The summed E-state index contributed by atoms with van der Waals surface area (Å²) < 4.78 is 0.720. The smallest absolute Gasteiger partial charge is 0.335 e. The molecule has 0 aliphatic heterocycles. The quantitative estimate of drug-likeness (QED) is 0.669. The van der Waals surface area contributed by atoms with Crippen LogP contribution in [0.2, 0.25) is 0 Å². The number of carbonyl (C=O) groups is 1. The standard InChI is InChI=1S/C14H11BrN2O4/c1-16(11-5-2-9(3-6-11)14(18)19)13-8-10(15)4-7-12(13)17(20)21/h2-8H,1H3,(H,18,19). The van der Waals surface area contributed by atoms with Crippen LogP contribution in [-0.2, 0) is 0 Å². The van der Waals surface area contributed by atoms with Gasteiger partial charge in [-0.25, -0.2) is 4.79 Å². The van der Waals surface area contributed by atoms with Gasteiger partial charge in [-0.05, 0) is 36.4 Å². The zero-order valence-electron chi connectivity index (χ0n) is 11.0. The Kier molecular flexibility index (Phi) is 4.23. The van der Waals surface area contributed by atoms with E-state index >= 15 is 0 Å². The zero-order chi connectivity index (χ0) is 15.6. The van der Waals surface area contributed by atoms with Crippen LogP contribution < -0.4 is 4.90 Å². The van der Waals surface area contributed by atoms with Crippen LogP contribution in [0, 0.1) is 10.1 Å². The van der Waals surface area contributed by atoms with Gasteiger partial charge >= 0.3 is 5.97 Å². The van der Waals surface area contributed by atoms with Gasteiger partial charge in [-0.1, -0.05) is 15.9 Å². The maximum atomic E-state index is 11.1. The van der Waals surface area contributed by atoms with E-state index in [1.165, 1.54) is 18.2 Å². The fourth-order valence-electron chi connectivity index (χ4n) is 1.89. The van der Waals surface area contributed by atoms with Crippen molar-refractivity contribution in [2.45, 2.75) is 0 Å². The van der Waals surface area contributed by atoms with E-state index in [1.54, 1.807) is 36.2 Å². The fourth-order valence-corrected chi connectivity index (χ4v) is 2.24. The second-order valence-corrected chi connectivity index (χ2v) is 5.22. The Morgan fingerprint density at radius 3 is 2.38 bits per heavy atom. The first-order chi connectivity index (χ1) is 9.90. The van der Waals surface area contributed by atoms with E-state index in [-0.39, 0.29) is 11.3 Å². The van der Waals surface area contributed by atoms with Gasteiger partial charge in [-0.15, -0.1) is 0 Å². The Labute approximate surface area is 128 Å². The van der Waals surface area contributed by atoms with Crippen LogP contribution in [0.5, 0.6) is 0 Å². The molecule has 0 radical (unpaired) electrons. The average Bonchev–Trinajstić information content (AvgIpc) is 2.46. The van der Waals surface area contributed by atoms with Crippen LogP contribution in [-0.4, -0.2) is 23.0 Å². The summed E-state index contributed by atoms with van der Waals surface area (Å²) in [6, 6.07) is 10.8. The van der Waals surface area contributed by atoms with Crippen molar-refractivity contribution in [3.05, 3.63) is 62.6 Å². The molecule has 0 fully saturated rings. The number of carboxylic acids is 1. The van der Waals surface area contributed by atoms with Crippen molar-refractivity contribution in [2.24, 2.45) is 0 Å². The van der Waals surface area contributed by atoms with Crippen LogP contribution in [0.3, 0.4) is 0 Å². The first-order valence-electron chi connectivity index (χ1n) is 5.91. The predicted molar refractivity (Wildman–Crippen MR) is 82.3 cm³/mol. The highest BCUT2D eigenvalue weighted by Crippen LogP contribution is 2.34. The molecule has 0 saturated heterocycles. The van der Waals surface area contributed by atoms with Gasteiger partial charge in [0.1, 0.15) is 5.69 Å². The minimum Gasteiger partial charge on any atom is -0.478 e. The summed E-state index contributed by atoms with van der Waals surface area (Å²) in [5.41, 5.74) is 1.21. The lowest BCUT2D eigenvalue weighted by Crippen LogP contribution is -2.12. The summed E-state index contributed by atoms with van der Waals surface area (Å²) >= 11 is 3.29. The van der Waals surface area contributed by atoms with Gasteiger partial charge < -0.3 is 10.0 Å². The van der Waals surface area contributed by atoms with Crippen molar-refractivity contribution in [3.63, 3.8) is 0 Å². The Morgan fingerprint density at radius 1 is 1.24 bits per heavy atom. The molecule has 0 spiro atoms. The molecule has 6 nitrogen and oxygen atoms in total. The van der Waals surface area contributed by atoms with Gasteiger partial charge in [-0.3, -0.25) is 10.1 Å². The van der Waals surface area contributed by atoms with Gasteiger partial charge in [0.2, 0.25) is 0 Å². The first-order valence-corrected chi connectivity index (χ1v) is 6.70. The maximum Gasteiger partial charge on any atom is 0.335 e. The van der Waals surface area contributed by atoms with Gasteiger partial charge in [0.15, 0.2) is 0 Å². The van der Waals surface area contributed by atoms with Crippen LogP contribution in [0.15, 0.2) is 46.9 Å². The number of carboxylic acid groups (broad SMARTS) is 1. The van der Waals surface area contributed by atoms with E-state index in [1.807, 2.05) is 0 Å². The van der Waals surface area contributed by atoms with Gasteiger partial charge in [-0.2, -0.15) is 0 Å². The van der Waals surface area contributed by atoms with Crippen LogP contribution in [0.1, 0.15) is 10.4 Å². The second kappa shape index (κ2) is 5.92. The third kappa shape index (κ3) is 3.19. The molecule has 21 heavy (non-hydrogen) atoms. The number of hydrogen-bond acceptors (Lipinski definition) is 4. The lowest BCUT2D eigenvalue weighted by molar-refractivity contribution is -0.384. The molecular weight excluding hydrogens is 340 g/mol. The number of rotatable bonds is 4. The molecule has 108 valence electrons. The number of nitro benzene ring substituents is 1. The number of anilines is 2. The van der Waals surface area contributed by atoms with Crippen molar-refractivity contribution in [1.82, 2.24) is 0 Å². The summed E-state index contributed by atoms with van der Waals surface area (Å²) in [5, 5.41) is 20.0. The minimum absolute atomic E-state index is 0.0250. The zero-order valence-corrected chi connectivity index (χ0v) is 12.6. The lowest BCUT2D eigenvalue weighted by Gasteiger charge is -2.19. The molecule has 0 heterocycles. The second-order valence-electron chi connectivity index (χ2n) is 4.30. The minimum atomic E-state index is -1.02. The Hall–Kier alpha value is -2.41. The van der Waals surface area contributed by atoms with Crippen molar-refractivity contribution in [3.8, 4) is 0 Å². The Bertz CT molecular complexity index is 701. The highest BCUT2D eigenvalue weighted by molar-refractivity contribution is 9.10. The van der Waals surface area contributed by atoms with E-state index in [0.29, 0.717) is 11.4 Å². The van der Waals surface area contributed by atoms with Gasteiger partial charge in [0.05, 0.1) is 10.5 Å². The highest BCUT2D eigenvalue weighted by atomic mass is 79.9. The number of halogens is 1. The molecule has 0 amide bonds. The lowest BCUT2D eigenvalue weighted by atomic mass is 10.2. The SMILES string of the molecule is CN(c1ccc(C(=O)O)cc1)c1cc(Br)ccc1[N+](=O)[O-]. The molecule has 2 rings (SSSR count). The third-order valence-electron chi connectivity index (χ3n) is 3.00. The van der Waals surface area contributed by atoms with Crippen molar-refractivity contribution in [2.75, 3.05) is 11.9 Å². The molecule has 1 N–H and O–H groups in total. The normalized spacial score (nSPS) is 10.2. The topological polar surface area (TPSA) is 83.7 Å². The molecular formula is C14H11BrN2O4. The van der Waals surface area contributed by atoms with Crippen molar-refractivity contribution >= 4 is 39.0 Å². The number of benzene rings is 2.